The van der Waals surface area contributed by atoms with Gasteiger partial charge >= 0.3 is 5.97 Å². The Morgan fingerprint density at radius 2 is 1.92 bits per heavy atom. The van der Waals surface area contributed by atoms with Crippen LogP contribution in [-0.4, -0.2) is 25.0 Å². The molecular formula is C19H21ClN2O3. The lowest BCUT2D eigenvalue weighted by atomic mass is 10.1. The van der Waals surface area contributed by atoms with E-state index in [0.29, 0.717) is 16.3 Å². The van der Waals surface area contributed by atoms with Gasteiger partial charge < -0.3 is 15.4 Å². The predicted molar refractivity (Wildman–Crippen MR) is 98.9 cm³/mol. The molecule has 0 bridgehead atoms. The van der Waals surface area contributed by atoms with Gasteiger partial charge in [0.05, 0.1) is 24.4 Å². The third kappa shape index (κ3) is 5.59. The smallest absolute Gasteiger partial charge is 0.340 e. The molecule has 0 saturated heterocycles. The zero-order chi connectivity index (χ0) is 18.2. The highest BCUT2D eigenvalue weighted by molar-refractivity contribution is 6.30. The second-order valence-electron chi connectivity index (χ2n) is 5.47. The summed E-state index contributed by atoms with van der Waals surface area (Å²) in [6.07, 6.45) is 0. The fraction of sp³-hybridized carbons (Fsp3) is 0.263. The van der Waals surface area contributed by atoms with Gasteiger partial charge in [-0.15, -0.1) is 0 Å². The molecule has 0 spiro atoms. The molecule has 0 radical (unpaired) electrons. The van der Waals surface area contributed by atoms with Gasteiger partial charge in [-0.1, -0.05) is 35.9 Å². The normalized spacial score (nSPS) is 11.6. The molecule has 132 valence electrons. The number of benzene rings is 2. The molecule has 0 aliphatic rings. The number of para-hydroxylation sites is 1. The second-order valence-corrected chi connectivity index (χ2v) is 5.91. The van der Waals surface area contributed by atoms with Crippen molar-refractivity contribution in [3.8, 4) is 0 Å². The molecule has 2 rings (SSSR count). The standard InChI is InChI=1S/C19H21ClN2O3/c1-3-25-19(24)16-9-4-5-10-17(16)22-18(23)12-21-13(2)14-7-6-8-15(20)11-14/h4-11,13,21H,3,12H2,1-2H3,(H,22,23)/t13-/m0/s1. The summed E-state index contributed by atoms with van der Waals surface area (Å²) in [5.41, 5.74) is 1.76. The number of esters is 1. The number of nitrogens with one attached hydrogen (secondary N) is 2. The summed E-state index contributed by atoms with van der Waals surface area (Å²) in [6, 6.07) is 14.2. The van der Waals surface area contributed by atoms with E-state index in [1.165, 1.54) is 0 Å². The number of ether oxygens (including phenoxy) is 1. The van der Waals surface area contributed by atoms with Gasteiger partial charge in [0, 0.05) is 11.1 Å². The van der Waals surface area contributed by atoms with Crippen LogP contribution in [0.5, 0.6) is 0 Å². The Morgan fingerprint density at radius 1 is 1.16 bits per heavy atom. The van der Waals surface area contributed by atoms with Crippen molar-refractivity contribution in [2.45, 2.75) is 19.9 Å². The lowest BCUT2D eigenvalue weighted by Crippen LogP contribution is -2.30. The van der Waals surface area contributed by atoms with Gasteiger partial charge in [-0.05, 0) is 43.7 Å². The lowest BCUT2D eigenvalue weighted by molar-refractivity contribution is -0.115. The van der Waals surface area contributed by atoms with Crippen molar-refractivity contribution >= 4 is 29.2 Å². The molecule has 0 unspecified atom stereocenters. The van der Waals surface area contributed by atoms with Crippen LogP contribution in [-0.2, 0) is 9.53 Å². The zero-order valence-corrected chi connectivity index (χ0v) is 15.0. The van der Waals surface area contributed by atoms with Crippen LogP contribution in [0.15, 0.2) is 48.5 Å². The van der Waals surface area contributed by atoms with Crippen molar-refractivity contribution in [1.82, 2.24) is 5.32 Å². The Morgan fingerprint density at radius 3 is 2.64 bits per heavy atom. The summed E-state index contributed by atoms with van der Waals surface area (Å²) in [7, 11) is 0. The van der Waals surface area contributed by atoms with Crippen molar-refractivity contribution < 1.29 is 14.3 Å². The summed E-state index contributed by atoms with van der Waals surface area (Å²) < 4.78 is 5.00. The van der Waals surface area contributed by atoms with Crippen molar-refractivity contribution in [3.63, 3.8) is 0 Å². The maximum Gasteiger partial charge on any atom is 0.340 e. The average Bonchev–Trinajstić information content (AvgIpc) is 2.60. The Labute approximate surface area is 152 Å². The summed E-state index contributed by atoms with van der Waals surface area (Å²) in [5.74, 6) is -0.704. The molecule has 2 N–H and O–H groups in total. The van der Waals surface area contributed by atoms with Crippen LogP contribution in [0, 0.1) is 0 Å². The molecule has 0 aliphatic heterocycles. The quantitative estimate of drug-likeness (QED) is 0.737. The van der Waals surface area contributed by atoms with E-state index in [4.69, 9.17) is 16.3 Å². The highest BCUT2D eigenvalue weighted by Gasteiger charge is 2.14. The van der Waals surface area contributed by atoms with Crippen molar-refractivity contribution in [1.29, 1.82) is 0 Å². The number of carbonyl (C=O) groups excluding carboxylic acids is 2. The molecule has 6 heteroatoms. The van der Waals surface area contributed by atoms with Crippen molar-refractivity contribution in [3.05, 3.63) is 64.7 Å². The number of halogens is 1. The molecule has 0 aromatic heterocycles. The third-order valence-corrected chi connectivity index (χ3v) is 3.85. The molecule has 1 atom stereocenters. The summed E-state index contributed by atoms with van der Waals surface area (Å²) >= 11 is 5.98. The van der Waals surface area contributed by atoms with Crippen LogP contribution in [0.2, 0.25) is 5.02 Å². The minimum atomic E-state index is -0.460. The second kappa shape index (κ2) is 9.20. The molecule has 0 aliphatic carbocycles. The first-order chi connectivity index (χ1) is 12.0. The van der Waals surface area contributed by atoms with E-state index < -0.39 is 5.97 Å². The first kappa shape index (κ1) is 19.0. The lowest BCUT2D eigenvalue weighted by Gasteiger charge is -2.15. The first-order valence-electron chi connectivity index (χ1n) is 8.06. The molecule has 0 saturated carbocycles. The minimum absolute atomic E-state index is 0.0373. The Balaban J connectivity index is 1.95. The van der Waals surface area contributed by atoms with E-state index in [9.17, 15) is 9.59 Å². The van der Waals surface area contributed by atoms with Gasteiger partial charge in [-0.2, -0.15) is 0 Å². The van der Waals surface area contributed by atoms with Gasteiger partial charge in [-0.3, -0.25) is 4.79 Å². The molecule has 2 aromatic rings. The van der Waals surface area contributed by atoms with E-state index >= 15 is 0 Å². The van der Waals surface area contributed by atoms with E-state index in [1.807, 2.05) is 25.1 Å². The van der Waals surface area contributed by atoms with Crippen LogP contribution in [0.4, 0.5) is 5.69 Å². The average molecular weight is 361 g/mol. The number of hydrogen-bond donors (Lipinski definition) is 2. The Hall–Kier alpha value is -2.37. The van der Waals surface area contributed by atoms with Gasteiger partial charge in [0.1, 0.15) is 0 Å². The topological polar surface area (TPSA) is 67.4 Å². The van der Waals surface area contributed by atoms with Gasteiger partial charge in [0.2, 0.25) is 5.91 Å². The van der Waals surface area contributed by atoms with Crippen LogP contribution in [0.25, 0.3) is 0 Å². The molecule has 0 heterocycles. The zero-order valence-electron chi connectivity index (χ0n) is 14.2. The van der Waals surface area contributed by atoms with E-state index in [0.717, 1.165) is 5.56 Å². The minimum Gasteiger partial charge on any atom is -0.462 e. The van der Waals surface area contributed by atoms with Gasteiger partial charge in [0.15, 0.2) is 0 Å². The predicted octanol–water partition coefficient (Wildman–Crippen LogP) is 3.81. The SMILES string of the molecule is CCOC(=O)c1ccccc1NC(=O)CN[C@@H](C)c1cccc(Cl)c1. The summed E-state index contributed by atoms with van der Waals surface area (Å²) in [4.78, 5) is 24.1. The van der Waals surface area contributed by atoms with E-state index in [-0.39, 0.29) is 25.1 Å². The monoisotopic (exact) mass is 360 g/mol. The highest BCUT2D eigenvalue weighted by Crippen LogP contribution is 2.18. The Kier molecular flexibility index (Phi) is 6.98. The number of hydrogen-bond acceptors (Lipinski definition) is 4. The molecule has 25 heavy (non-hydrogen) atoms. The number of rotatable bonds is 7. The van der Waals surface area contributed by atoms with Crippen molar-refractivity contribution in [2.24, 2.45) is 0 Å². The molecule has 0 fully saturated rings. The third-order valence-electron chi connectivity index (χ3n) is 3.61. The van der Waals surface area contributed by atoms with Crippen LogP contribution >= 0.6 is 11.6 Å². The number of carbonyl (C=O) groups is 2. The van der Waals surface area contributed by atoms with Crippen LogP contribution in [0.1, 0.15) is 35.8 Å². The maximum atomic E-state index is 12.2. The molecule has 5 nitrogen and oxygen atoms in total. The molecule has 2 aromatic carbocycles. The van der Waals surface area contributed by atoms with E-state index in [2.05, 4.69) is 10.6 Å². The highest BCUT2D eigenvalue weighted by atomic mass is 35.5. The van der Waals surface area contributed by atoms with Gasteiger partial charge in [-0.25, -0.2) is 4.79 Å². The molecule has 1 amide bonds. The fourth-order valence-electron chi connectivity index (χ4n) is 2.31. The van der Waals surface area contributed by atoms with Crippen molar-refractivity contribution in [2.75, 3.05) is 18.5 Å². The summed E-state index contributed by atoms with van der Waals surface area (Å²) in [6.45, 7) is 4.07. The Bertz CT molecular complexity index is 749. The summed E-state index contributed by atoms with van der Waals surface area (Å²) in [5, 5.41) is 6.52. The number of amides is 1. The fourth-order valence-corrected chi connectivity index (χ4v) is 2.51. The largest absolute Gasteiger partial charge is 0.462 e. The molecular weight excluding hydrogens is 340 g/mol. The van der Waals surface area contributed by atoms with Crippen LogP contribution in [0.3, 0.4) is 0 Å². The number of anilines is 1. The first-order valence-corrected chi connectivity index (χ1v) is 8.44. The van der Waals surface area contributed by atoms with Gasteiger partial charge in [0.25, 0.3) is 0 Å². The van der Waals surface area contributed by atoms with Crippen LogP contribution < -0.4 is 10.6 Å². The maximum absolute atomic E-state index is 12.2. The van der Waals surface area contributed by atoms with E-state index in [1.54, 1.807) is 37.3 Å².